The molecule has 5 aromatic rings. The number of primary amides is 1. The fraction of sp³-hybridized carbons (Fsp3) is 0.438. The Hall–Kier alpha value is -8.17. The number of carbonyl (C=O) groups excluding carboxylic acids is 3. The molecule has 85 heavy (non-hydrogen) atoms. The van der Waals surface area contributed by atoms with Gasteiger partial charge in [-0.05, 0) is 136 Å². The van der Waals surface area contributed by atoms with Gasteiger partial charge in [-0.25, -0.2) is 4.98 Å². The van der Waals surface area contributed by atoms with E-state index in [9.17, 15) is 27.6 Å². The number of aromatic nitrogens is 2. The Kier molecular flexibility index (Phi) is 19.4. The number of likely N-dealkylation sites (tertiary alicyclic amines) is 1. The summed E-state index contributed by atoms with van der Waals surface area (Å²) in [6.45, 7) is 21.5. The van der Waals surface area contributed by atoms with Gasteiger partial charge in [-0.2, -0.15) is 18.2 Å². The number of anilines is 9. The maximum absolute atomic E-state index is 13.9. The quantitative estimate of drug-likeness (QED) is 0.0324. The number of carbonyl (C=O) groups is 3. The van der Waals surface area contributed by atoms with Crippen LogP contribution in [0.15, 0.2) is 115 Å². The molecule has 1 aromatic heterocycles. The Morgan fingerprint density at radius 3 is 2.20 bits per heavy atom. The lowest BCUT2D eigenvalue weighted by Gasteiger charge is -2.40. The third kappa shape index (κ3) is 15.2. The van der Waals surface area contributed by atoms with Crippen LogP contribution in [-0.2, 0) is 9.59 Å². The third-order valence-electron chi connectivity index (χ3n) is 16.6. The van der Waals surface area contributed by atoms with E-state index in [0.717, 1.165) is 114 Å². The highest BCUT2D eigenvalue weighted by Crippen LogP contribution is 2.44. The smallest absolute Gasteiger partial charge is 0.433 e. The number of amides is 3. The number of aryl methyl sites for hydroxylation is 1. The van der Waals surface area contributed by atoms with E-state index in [4.69, 9.17) is 25.6 Å². The number of piperidine rings is 2. The Balaban J connectivity index is 0.692. The molecule has 3 amide bonds. The Bertz CT molecular complexity index is 3260. The molecule has 21 heteroatoms. The average Bonchev–Trinajstić information content (AvgIpc) is 2.84. The van der Waals surface area contributed by atoms with Crippen LogP contribution in [0.3, 0.4) is 0 Å². The predicted octanol–water partition coefficient (Wildman–Crippen LogP) is 10.9. The second-order valence-electron chi connectivity index (χ2n) is 23.5. The predicted molar refractivity (Wildman–Crippen MR) is 331 cm³/mol. The monoisotopic (exact) mass is 1170 g/mol. The third-order valence-corrected chi connectivity index (χ3v) is 16.6. The normalized spacial score (nSPS) is 17.3. The number of benzene rings is 4. The average molecular weight is 1170 g/mol. The van der Waals surface area contributed by atoms with Gasteiger partial charge in [0.2, 0.25) is 18.3 Å². The number of piperazine rings is 1. The second-order valence-corrected chi connectivity index (χ2v) is 23.5. The number of allylic oxidation sites excluding steroid dienone is 3. The van der Waals surface area contributed by atoms with Crippen molar-refractivity contribution in [1.82, 2.24) is 24.7 Å². The number of para-hydroxylation sites is 1. The van der Waals surface area contributed by atoms with Gasteiger partial charge in [0.1, 0.15) is 29.5 Å². The summed E-state index contributed by atoms with van der Waals surface area (Å²) in [5.41, 5.74) is 10.1. The Morgan fingerprint density at radius 1 is 0.835 bits per heavy atom. The zero-order chi connectivity index (χ0) is 60.6. The number of hydrogen-bond acceptors (Lipinski definition) is 15. The zero-order valence-corrected chi connectivity index (χ0v) is 49.7. The van der Waals surface area contributed by atoms with E-state index in [2.05, 4.69) is 53.2 Å². The van der Waals surface area contributed by atoms with E-state index in [-0.39, 0.29) is 46.1 Å². The van der Waals surface area contributed by atoms with Crippen LogP contribution in [0.25, 0.3) is 0 Å². The molecule has 452 valence electrons. The standard InChI is InChI=1S/C64H80F3N13O5/c1-8-84-56-36-48(16-20-51(56)73-62-70-39-55(75(6)41-81)60(74-62)76(7)54-12-10-9-11-42(54)2)79-27-23-45(24-28-79)61(83)80-25-21-44(22-26-80)40-78-31-29-77(30-32-78)33-34-85-49-17-13-46(14-18-49)71-52-35-47(15-19-50(52)59(69)82)72-53-38-63(4,5)37-43(3)57(53)58(68)64(65,66)67/h9-20,35-36,39,41,44-45,68,71-72H,3,8,21-34,37-38,40H2,1-2,4-7H3,(H2,69,82)(H,70,73,74). The highest BCUT2D eigenvalue weighted by Gasteiger charge is 2.42. The first-order valence-corrected chi connectivity index (χ1v) is 29.3. The molecule has 0 spiro atoms. The van der Waals surface area contributed by atoms with Crippen molar-refractivity contribution in [2.24, 2.45) is 23.0 Å². The number of hydrogen-bond donors (Lipinski definition) is 5. The molecule has 9 rings (SSSR count). The first-order valence-electron chi connectivity index (χ1n) is 29.3. The van der Waals surface area contributed by atoms with Crippen LogP contribution in [0.2, 0.25) is 0 Å². The topological polar surface area (TPSA) is 201 Å². The molecule has 1 aliphatic carbocycles. The lowest BCUT2D eigenvalue weighted by molar-refractivity contribution is -0.137. The zero-order valence-electron chi connectivity index (χ0n) is 49.7. The van der Waals surface area contributed by atoms with Crippen molar-refractivity contribution in [2.75, 3.05) is 123 Å². The molecule has 4 heterocycles. The molecule has 0 radical (unpaired) electrons. The van der Waals surface area contributed by atoms with E-state index in [1.807, 2.05) is 100 Å². The molecule has 18 nitrogen and oxygen atoms in total. The van der Waals surface area contributed by atoms with E-state index in [0.29, 0.717) is 77.3 Å². The lowest BCUT2D eigenvalue weighted by Crippen LogP contribution is -2.50. The molecule has 0 saturated carbocycles. The van der Waals surface area contributed by atoms with E-state index in [1.165, 1.54) is 11.0 Å². The van der Waals surface area contributed by atoms with Gasteiger partial charge in [0.25, 0.3) is 5.91 Å². The Labute approximate surface area is 496 Å². The number of nitrogens with one attached hydrogen (secondary N) is 4. The summed E-state index contributed by atoms with van der Waals surface area (Å²) < 4.78 is 53.7. The van der Waals surface area contributed by atoms with Crippen LogP contribution in [0.4, 0.5) is 64.7 Å². The van der Waals surface area contributed by atoms with Crippen LogP contribution >= 0.6 is 0 Å². The maximum Gasteiger partial charge on any atom is 0.433 e. The van der Waals surface area contributed by atoms with E-state index in [1.54, 1.807) is 25.4 Å². The van der Waals surface area contributed by atoms with Crippen LogP contribution in [0.1, 0.15) is 75.2 Å². The minimum absolute atomic E-state index is 0.00463. The van der Waals surface area contributed by atoms with Crippen molar-refractivity contribution < 1.29 is 37.0 Å². The number of ether oxygens (including phenoxy) is 2. The minimum atomic E-state index is -4.84. The van der Waals surface area contributed by atoms with Crippen LogP contribution < -0.4 is 45.9 Å². The highest BCUT2D eigenvalue weighted by molar-refractivity contribution is 6.07. The van der Waals surface area contributed by atoms with Crippen molar-refractivity contribution in [2.45, 2.75) is 72.4 Å². The fourth-order valence-electron chi connectivity index (χ4n) is 12.1. The number of nitrogens with zero attached hydrogens (tertiary/aromatic N) is 8. The summed E-state index contributed by atoms with van der Waals surface area (Å²) in [6.07, 6.45) is 1.72. The lowest BCUT2D eigenvalue weighted by atomic mass is 9.73. The van der Waals surface area contributed by atoms with Gasteiger partial charge in [0.15, 0.2) is 5.82 Å². The minimum Gasteiger partial charge on any atom is -0.492 e. The first-order chi connectivity index (χ1) is 40.7. The SMILES string of the molecule is C=C1CC(C)(C)CC(Nc2ccc(C(N)=O)c(Nc3ccc(OCCN4CCN(CC5CCN(C(=O)C6CCN(c7ccc(Nc8ncc(N(C)C=O)c(N(C)c9ccccc9C)n8)c(OCC)c7)CC6)CC5)CC4)cc3)c2)=C1C(=N)C(F)(F)F. The first kappa shape index (κ1) is 61.4. The summed E-state index contributed by atoms with van der Waals surface area (Å²) in [4.78, 5) is 60.5. The summed E-state index contributed by atoms with van der Waals surface area (Å²) in [5.74, 6) is 2.45. The number of nitrogens with two attached hydrogens (primary N) is 1. The molecule has 3 saturated heterocycles. The van der Waals surface area contributed by atoms with Crippen molar-refractivity contribution in [3.05, 3.63) is 126 Å². The van der Waals surface area contributed by atoms with Gasteiger partial charge in [0.05, 0.1) is 29.7 Å². The molecule has 0 unspecified atom stereocenters. The van der Waals surface area contributed by atoms with Crippen molar-refractivity contribution >= 4 is 75.5 Å². The number of rotatable bonds is 22. The molecule has 4 aliphatic rings. The van der Waals surface area contributed by atoms with Crippen molar-refractivity contribution in [1.29, 1.82) is 5.41 Å². The van der Waals surface area contributed by atoms with Gasteiger partial charge in [-0.3, -0.25) is 24.7 Å². The fourth-order valence-corrected chi connectivity index (χ4v) is 12.1. The summed E-state index contributed by atoms with van der Waals surface area (Å²) in [7, 11) is 3.60. The maximum atomic E-state index is 13.9. The van der Waals surface area contributed by atoms with Gasteiger partial charge >= 0.3 is 6.18 Å². The summed E-state index contributed by atoms with van der Waals surface area (Å²) >= 11 is 0. The van der Waals surface area contributed by atoms with Gasteiger partial charge < -0.3 is 55.7 Å². The van der Waals surface area contributed by atoms with Crippen molar-refractivity contribution in [3.63, 3.8) is 0 Å². The molecule has 6 N–H and O–H groups in total. The van der Waals surface area contributed by atoms with Gasteiger partial charge in [-0.15, -0.1) is 0 Å². The van der Waals surface area contributed by atoms with Gasteiger partial charge in [-0.1, -0.05) is 38.6 Å². The van der Waals surface area contributed by atoms with E-state index < -0.39 is 17.8 Å². The van der Waals surface area contributed by atoms with Crippen LogP contribution in [0, 0.1) is 29.6 Å². The second kappa shape index (κ2) is 26.8. The molecule has 3 aliphatic heterocycles. The van der Waals surface area contributed by atoms with Crippen molar-refractivity contribution in [3.8, 4) is 11.5 Å². The molecule has 0 atom stereocenters. The molecule has 0 bridgehead atoms. The van der Waals surface area contributed by atoms with Gasteiger partial charge in [0, 0.05) is 126 Å². The van der Waals surface area contributed by atoms with Crippen LogP contribution in [0.5, 0.6) is 11.5 Å². The number of alkyl halides is 3. The number of halogens is 3. The summed E-state index contributed by atoms with van der Waals surface area (Å²) in [6, 6.07) is 26.1. The molecular formula is C64H80F3N13O5. The van der Waals surface area contributed by atoms with E-state index >= 15 is 0 Å². The summed E-state index contributed by atoms with van der Waals surface area (Å²) in [5, 5.41) is 17.7. The van der Waals surface area contributed by atoms with Crippen LogP contribution in [-0.4, -0.2) is 148 Å². The largest absolute Gasteiger partial charge is 0.492 e. The molecule has 4 aromatic carbocycles. The Morgan fingerprint density at radius 2 is 1.53 bits per heavy atom. The molecular weight excluding hydrogens is 1090 g/mol. The highest BCUT2D eigenvalue weighted by atomic mass is 19.4. The molecule has 3 fully saturated rings.